The van der Waals surface area contributed by atoms with E-state index in [-0.39, 0.29) is 0 Å². The Morgan fingerprint density at radius 2 is 1.85 bits per heavy atom. The molecule has 0 amide bonds. The van der Waals surface area contributed by atoms with E-state index in [0.29, 0.717) is 0 Å². The van der Waals surface area contributed by atoms with E-state index in [9.17, 15) is 0 Å². The van der Waals surface area contributed by atoms with Crippen molar-refractivity contribution in [1.82, 2.24) is 4.90 Å². The summed E-state index contributed by atoms with van der Waals surface area (Å²) in [7, 11) is 0. The molecule has 1 aromatic carbocycles. The molecule has 0 spiro atoms. The first-order chi connectivity index (χ1) is 9.92. The number of nitrogens with one attached hydrogen (secondary N) is 1. The maximum absolute atomic E-state index is 4.96. The average Bonchev–Trinajstić information content (AvgIpc) is 2.89. The van der Waals surface area contributed by atoms with Crippen molar-refractivity contribution in [3.05, 3.63) is 40.6 Å². The average molecular weight is 283 g/mol. The van der Waals surface area contributed by atoms with Gasteiger partial charge < -0.3 is 10.2 Å². The highest BCUT2D eigenvalue weighted by molar-refractivity contribution is 7.08. The van der Waals surface area contributed by atoms with Crippen LogP contribution in [-0.4, -0.2) is 23.8 Å². The molecule has 0 aliphatic carbocycles. The SMILES string of the molecule is c1ccc2c(c1)N=C(N1CCCCC1)c1cscc1N2. The molecule has 1 saturated heterocycles. The molecule has 4 rings (SSSR count). The van der Waals surface area contributed by atoms with Crippen LogP contribution in [0.1, 0.15) is 24.8 Å². The van der Waals surface area contributed by atoms with Crippen molar-refractivity contribution in [2.75, 3.05) is 18.4 Å². The fraction of sp³-hybridized carbons (Fsp3) is 0.312. The maximum atomic E-state index is 4.96. The predicted octanol–water partition coefficient (Wildman–Crippen LogP) is 4.37. The van der Waals surface area contributed by atoms with Crippen LogP contribution < -0.4 is 5.32 Å². The number of thiophene rings is 1. The summed E-state index contributed by atoms with van der Waals surface area (Å²) in [6.07, 6.45) is 3.89. The number of amidine groups is 1. The van der Waals surface area contributed by atoms with E-state index in [0.717, 1.165) is 30.3 Å². The van der Waals surface area contributed by atoms with Crippen LogP contribution in [0.2, 0.25) is 0 Å². The smallest absolute Gasteiger partial charge is 0.139 e. The summed E-state index contributed by atoms with van der Waals surface area (Å²) < 4.78 is 0. The Hall–Kier alpha value is -1.81. The Morgan fingerprint density at radius 1 is 1.00 bits per heavy atom. The number of rotatable bonds is 0. The molecule has 0 atom stereocenters. The topological polar surface area (TPSA) is 27.6 Å². The van der Waals surface area contributed by atoms with Crippen molar-refractivity contribution in [1.29, 1.82) is 0 Å². The minimum atomic E-state index is 1.04. The van der Waals surface area contributed by atoms with E-state index < -0.39 is 0 Å². The van der Waals surface area contributed by atoms with E-state index >= 15 is 0 Å². The third kappa shape index (κ3) is 2.00. The Morgan fingerprint density at radius 3 is 2.75 bits per heavy atom. The number of benzene rings is 1. The van der Waals surface area contributed by atoms with Crippen molar-refractivity contribution in [2.45, 2.75) is 19.3 Å². The minimum Gasteiger partial charge on any atom is -0.356 e. The second kappa shape index (κ2) is 4.94. The minimum absolute atomic E-state index is 1.04. The molecule has 1 N–H and O–H groups in total. The number of likely N-dealkylation sites (tertiary alicyclic amines) is 1. The molecular weight excluding hydrogens is 266 g/mol. The lowest BCUT2D eigenvalue weighted by Crippen LogP contribution is -2.36. The number of anilines is 2. The lowest BCUT2D eigenvalue weighted by molar-refractivity contribution is 0.343. The largest absolute Gasteiger partial charge is 0.356 e. The van der Waals surface area contributed by atoms with Crippen LogP contribution in [0.3, 0.4) is 0 Å². The normalized spacial score (nSPS) is 17.6. The van der Waals surface area contributed by atoms with E-state index in [1.807, 2.05) is 0 Å². The molecule has 2 aliphatic rings. The number of fused-ring (bicyclic) bond motifs is 2. The molecule has 0 bridgehead atoms. The third-order valence-electron chi connectivity index (χ3n) is 3.96. The number of nitrogens with zero attached hydrogens (tertiary/aromatic N) is 2. The van der Waals surface area contributed by atoms with Gasteiger partial charge in [-0.2, -0.15) is 0 Å². The van der Waals surface area contributed by atoms with Crippen molar-refractivity contribution < 1.29 is 0 Å². The number of hydrogen-bond donors (Lipinski definition) is 1. The molecule has 1 fully saturated rings. The number of piperidine rings is 1. The van der Waals surface area contributed by atoms with E-state index in [4.69, 9.17) is 4.99 Å². The number of aliphatic imine (C=N–C) groups is 1. The van der Waals surface area contributed by atoms with Gasteiger partial charge >= 0.3 is 0 Å². The standard InChI is InChI=1S/C16H17N3S/c1-4-8-19(9-5-1)16-12-10-20-11-15(12)17-13-6-2-3-7-14(13)18-16/h2-3,6-7,10-11,17H,1,4-5,8-9H2. The summed E-state index contributed by atoms with van der Waals surface area (Å²) in [5, 5.41) is 7.91. The molecule has 2 aromatic rings. The Bertz CT molecular complexity index is 653. The highest BCUT2D eigenvalue weighted by Crippen LogP contribution is 2.36. The van der Waals surface area contributed by atoms with Crippen LogP contribution >= 0.6 is 11.3 Å². The van der Waals surface area contributed by atoms with Gasteiger partial charge in [0.1, 0.15) is 5.84 Å². The molecule has 1 aromatic heterocycles. The van der Waals surface area contributed by atoms with E-state index in [2.05, 4.69) is 45.2 Å². The van der Waals surface area contributed by atoms with Gasteiger partial charge in [-0.1, -0.05) is 12.1 Å². The zero-order chi connectivity index (χ0) is 13.4. The number of para-hydroxylation sites is 2. The van der Waals surface area contributed by atoms with Crippen LogP contribution in [0.15, 0.2) is 40.0 Å². The van der Waals surface area contributed by atoms with Crippen LogP contribution in [0.4, 0.5) is 17.1 Å². The molecule has 0 saturated carbocycles. The molecule has 4 heteroatoms. The zero-order valence-corrected chi connectivity index (χ0v) is 12.1. The van der Waals surface area contributed by atoms with Gasteiger partial charge in [-0.15, -0.1) is 11.3 Å². The second-order valence-corrected chi connectivity index (χ2v) is 6.07. The number of hydrogen-bond acceptors (Lipinski definition) is 4. The first-order valence-corrected chi connectivity index (χ1v) is 8.12. The van der Waals surface area contributed by atoms with Gasteiger partial charge in [0.2, 0.25) is 0 Å². The highest BCUT2D eigenvalue weighted by atomic mass is 32.1. The zero-order valence-electron chi connectivity index (χ0n) is 11.3. The quantitative estimate of drug-likeness (QED) is 0.777. The Balaban J connectivity index is 1.84. The van der Waals surface area contributed by atoms with Crippen molar-refractivity contribution in [3.8, 4) is 0 Å². The predicted molar refractivity (Wildman–Crippen MR) is 85.7 cm³/mol. The summed E-state index contributed by atoms with van der Waals surface area (Å²) >= 11 is 1.74. The Kier molecular flexibility index (Phi) is 2.96. The molecule has 20 heavy (non-hydrogen) atoms. The fourth-order valence-corrected chi connectivity index (χ4v) is 3.67. The molecular formula is C16H17N3S. The van der Waals surface area contributed by atoms with Gasteiger partial charge in [-0.3, -0.25) is 0 Å². The monoisotopic (exact) mass is 283 g/mol. The molecule has 0 radical (unpaired) electrons. The molecule has 0 unspecified atom stereocenters. The molecule has 3 heterocycles. The fourth-order valence-electron chi connectivity index (χ4n) is 2.91. The molecule has 2 aliphatic heterocycles. The summed E-state index contributed by atoms with van der Waals surface area (Å²) in [4.78, 5) is 7.41. The van der Waals surface area contributed by atoms with Gasteiger partial charge in [-0.25, -0.2) is 4.99 Å². The summed E-state index contributed by atoms with van der Waals surface area (Å²) in [6, 6.07) is 8.29. The first kappa shape index (κ1) is 12.0. The van der Waals surface area contributed by atoms with E-state index in [1.54, 1.807) is 11.3 Å². The van der Waals surface area contributed by atoms with Crippen LogP contribution in [0, 0.1) is 0 Å². The lowest BCUT2D eigenvalue weighted by atomic mass is 10.1. The van der Waals surface area contributed by atoms with Gasteiger partial charge in [0.05, 0.1) is 22.6 Å². The third-order valence-corrected chi connectivity index (χ3v) is 4.70. The van der Waals surface area contributed by atoms with Crippen molar-refractivity contribution >= 4 is 34.2 Å². The van der Waals surface area contributed by atoms with E-state index in [1.165, 1.54) is 30.5 Å². The van der Waals surface area contributed by atoms with Crippen molar-refractivity contribution in [2.24, 2.45) is 4.99 Å². The van der Waals surface area contributed by atoms with Gasteiger partial charge in [0.15, 0.2) is 0 Å². The molecule has 3 nitrogen and oxygen atoms in total. The van der Waals surface area contributed by atoms with Gasteiger partial charge in [0.25, 0.3) is 0 Å². The highest BCUT2D eigenvalue weighted by Gasteiger charge is 2.22. The Labute approximate surface area is 123 Å². The van der Waals surface area contributed by atoms with Crippen LogP contribution in [-0.2, 0) is 0 Å². The second-order valence-electron chi connectivity index (χ2n) is 5.32. The first-order valence-electron chi connectivity index (χ1n) is 7.18. The van der Waals surface area contributed by atoms with Crippen molar-refractivity contribution in [3.63, 3.8) is 0 Å². The van der Waals surface area contributed by atoms with Crippen LogP contribution in [0.25, 0.3) is 0 Å². The van der Waals surface area contributed by atoms with Gasteiger partial charge in [-0.05, 0) is 31.4 Å². The summed E-state index contributed by atoms with van der Waals surface area (Å²) in [5.41, 5.74) is 4.56. The lowest BCUT2D eigenvalue weighted by Gasteiger charge is -2.29. The summed E-state index contributed by atoms with van der Waals surface area (Å²) in [5.74, 6) is 1.14. The molecule has 102 valence electrons. The summed E-state index contributed by atoms with van der Waals surface area (Å²) in [6.45, 7) is 2.24. The van der Waals surface area contributed by atoms with Gasteiger partial charge in [0, 0.05) is 23.8 Å². The van der Waals surface area contributed by atoms with Crippen LogP contribution in [0.5, 0.6) is 0 Å². The maximum Gasteiger partial charge on any atom is 0.139 e.